The summed E-state index contributed by atoms with van der Waals surface area (Å²) < 4.78 is 15.7. The molecule has 2 aromatic rings. The Morgan fingerprint density at radius 2 is 2.20 bits per heavy atom. The van der Waals surface area contributed by atoms with Gasteiger partial charge in [0.15, 0.2) is 0 Å². The molecule has 0 bridgehead atoms. The van der Waals surface area contributed by atoms with E-state index < -0.39 is 11.7 Å². The number of halogens is 2. The number of aromatic nitrogens is 2. The first-order valence-electron chi connectivity index (χ1n) is 5.48. The van der Waals surface area contributed by atoms with Crippen molar-refractivity contribution >= 4 is 44.9 Å². The third kappa shape index (κ3) is 2.86. The summed E-state index contributed by atoms with van der Waals surface area (Å²) in [5.74, 6) is -0.906. The van der Waals surface area contributed by atoms with E-state index in [1.807, 2.05) is 0 Å². The van der Waals surface area contributed by atoms with Gasteiger partial charge in [-0.1, -0.05) is 28.1 Å². The topological polar surface area (TPSA) is 72.9 Å². The van der Waals surface area contributed by atoms with Crippen LogP contribution < -0.4 is 11.1 Å². The minimum atomic E-state index is -0.621. The minimum absolute atomic E-state index is 0.0885. The lowest BCUT2D eigenvalue weighted by atomic mass is 10.2. The molecule has 1 aromatic heterocycles. The highest BCUT2D eigenvalue weighted by atomic mass is 79.9. The van der Waals surface area contributed by atoms with Gasteiger partial charge in [0.1, 0.15) is 16.6 Å². The Kier molecular flexibility index (Phi) is 4.15. The van der Waals surface area contributed by atoms with Crippen molar-refractivity contribution in [2.45, 2.75) is 0 Å². The van der Waals surface area contributed by atoms with E-state index in [4.69, 9.17) is 18.0 Å². The smallest absolute Gasteiger partial charge is 0.259 e. The van der Waals surface area contributed by atoms with Crippen LogP contribution >= 0.6 is 28.1 Å². The molecule has 3 N–H and O–H groups in total. The fraction of sp³-hybridized carbons (Fsp3) is 0.0833. The average Bonchev–Trinajstić information content (AvgIpc) is 2.74. The fourth-order valence-electron chi connectivity index (χ4n) is 1.61. The number of anilines is 1. The summed E-state index contributed by atoms with van der Waals surface area (Å²) in [6.07, 6.45) is 1.44. The summed E-state index contributed by atoms with van der Waals surface area (Å²) in [4.78, 5) is 12.2. The van der Waals surface area contributed by atoms with Gasteiger partial charge >= 0.3 is 0 Å². The minimum Gasteiger partial charge on any atom is -0.389 e. The van der Waals surface area contributed by atoms with Crippen LogP contribution in [0.1, 0.15) is 15.9 Å². The monoisotopic (exact) mass is 356 g/mol. The van der Waals surface area contributed by atoms with Crippen molar-refractivity contribution in [2.75, 3.05) is 5.32 Å². The number of carbonyl (C=O) groups excluding carboxylic acids is 1. The molecule has 104 valence electrons. The molecule has 2 rings (SSSR count). The molecule has 0 aliphatic carbocycles. The average molecular weight is 357 g/mol. The highest BCUT2D eigenvalue weighted by Crippen LogP contribution is 2.19. The van der Waals surface area contributed by atoms with Gasteiger partial charge in [-0.15, -0.1) is 0 Å². The largest absolute Gasteiger partial charge is 0.389 e. The number of nitrogens with zero attached hydrogens (tertiary/aromatic N) is 2. The first-order valence-corrected chi connectivity index (χ1v) is 6.68. The van der Waals surface area contributed by atoms with Gasteiger partial charge < -0.3 is 11.1 Å². The Morgan fingerprint density at radius 3 is 2.85 bits per heavy atom. The Labute approximate surface area is 128 Å². The number of benzene rings is 1. The molecule has 20 heavy (non-hydrogen) atoms. The molecule has 0 aliphatic heterocycles. The Morgan fingerprint density at radius 1 is 1.50 bits per heavy atom. The molecule has 0 aliphatic rings. The number of nitrogens with two attached hydrogens (primary N) is 1. The van der Waals surface area contributed by atoms with Crippen molar-refractivity contribution in [3.63, 3.8) is 0 Å². The van der Waals surface area contributed by atoms with Crippen LogP contribution in [0.15, 0.2) is 28.9 Å². The number of amides is 1. The maximum Gasteiger partial charge on any atom is 0.259 e. The summed E-state index contributed by atoms with van der Waals surface area (Å²) in [6, 6.07) is 4.11. The summed E-state index contributed by atoms with van der Waals surface area (Å²) in [6.45, 7) is 0. The second-order valence-corrected chi connectivity index (χ2v) is 5.33. The van der Waals surface area contributed by atoms with E-state index in [0.29, 0.717) is 15.9 Å². The maximum absolute atomic E-state index is 13.7. The predicted molar refractivity (Wildman–Crippen MR) is 81.1 cm³/mol. The van der Waals surface area contributed by atoms with Gasteiger partial charge in [0, 0.05) is 11.5 Å². The molecule has 0 unspecified atom stereocenters. The van der Waals surface area contributed by atoms with Crippen molar-refractivity contribution in [2.24, 2.45) is 12.8 Å². The number of rotatable bonds is 3. The van der Waals surface area contributed by atoms with Crippen LogP contribution in [-0.2, 0) is 7.05 Å². The Hall–Kier alpha value is -1.80. The Bertz CT molecular complexity index is 701. The zero-order valence-electron chi connectivity index (χ0n) is 10.4. The van der Waals surface area contributed by atoms with Crippen LogP contribution in [0.2, 0.25) is 0 Å². The van der Waals surface area contributed by atoms with Gasteiger partial charge in [0.2, 0.25) is 0 Å². The quantitative estimate of drug-likeness (QED) is 0.827. The number of aryl methyl sites for hydroxylation is 1. The molecule has 0 radical (unpaired) electrons. The third-order valence-corrected chi connectivity index (χ3v) is 3.32. The van der Waals surface area contributed by atoms with Crippen molar-refractivity contribution in [3.8, 4) is 0 Å². The van der Waals surface area contributed by atoms with Crippen LogP contribution in [-0.4, -0.2) is 20.7 Å². The molecular formula is C12H10BrFN4OS. The van der Waals surface area contributed by atoms with Gasteiger partial charge in [0.05, 0.1) is 17.3 Å². The SMILES string of the molecule is Cn1ncc(C(N)=S)c1NC(=O)c1cc(Br)ccc1F. The first-order chi connectivity index (χ1) is 9.40. The lowest BCUT2D eigenvalue weighted by molar-refractivity contribution is 0.102. The molecule has 1 amide bonds. The van der Waals surface area contributed by atoms with E-state index >= 15 is 0 Å². The molecule has 1 heterocycles. The summed E-state index contributed by atoms with van der Waals surface area (Å²) >= 11 is 8.06. The van der Waals surface area contributed by atoms with Gasteiger partial charge in [-0.2, -0.15) is 5.10 Å². The van der Waals surface area contributed by atoms with E-state index in [9.17, 15) is 9.18 Å². The van der Waals surface area contributed by atoms with Crippen molar-refractivity contribution < 1.29 is 9.18 Å². The zero-order chi connectivity index (χ0) is 14.9. The first kappa shape index (κ1) is 14.6. The summed E-state index contributed by atoms with van der Waals surface area (Å²) in [7, 11) is 1.62. The lowest BCUT2D eigenvalue weighted by Gasteiger charge is -2.08. The molecule has 0 atom stereocenters. The van der Waals surface area contributed by atoms with E-state index in [1.165, 1.54) is 29.1 Å². The van der Waals surface area contributed by atoms with E-state index in [0.717, 1.165) is 0 Å². The zero-order valence-corrected chi connectivity index (χ0v) is 12.8. The molecule has 0 saturated heterocycles. The lowest BCUT2D eigenvalue weighted by Crippen LogP contribution is -2.19. The molecule has 1 aromatic carbocycles. The predicted octanol–water partition coefficient (Wildman–Crippen LogP) is 2.21. The molecule has 0 saturated carbocycles. The summed E-state index contributed by atoms with van der Waals surface area (Å²) in [5.41, 5.74) is 5.88. The van der Waals surface area contributed by atoms with Crippen molar-refractivity contribution in [1.82, 2.24) is 9.78 Å². The van der Waals surface area contributed by atoms with Crippen molar-refractivity contribution in [3.05, 3.63) is 45.8 Å². The standard InChI is InChI=1S/C12H10BrFN4OS/c1-18-11(8(5-16-18)10(15)20)17-12(19)7-4-6(13)2-3-9(7)14/h2-5H,1H3,(H2,15,20)(H,17,19). The van der Waals surface area contributed by atoms with Crippen LogP contribution in [0.5, 0.6) is 0 Å². The third-order valence-electron chi connectivity index (χ3n) is 2.61. The van der Waals surface area contributed by atoms with Crippen molar-refractivity contribution in [1.29, 1.82) is 0 Å². The van der Waals surface area contributed by atoms with Gasteiger partial charge in [-0.3, -0.25) is 9.48 Å². The van der Waals surface area contributed by atoms with Gasteiger partial charge in [-0.25, -0.2) is 4.39 Å². The van der Waals surface area contributed by atoms with E-state index in [2.05, 4.69) is 26.3 Å². The molecular weight excluding hydrogens is 347 g/mol. The van der Waals surface area contributed by atoms with Gasteiger partial charge in [-0.05, 0) is 18.2 Å². The number of hydrogen-bond donors (Lipinski definition) is 2. The second kappa shape index (κ2) is 5.68. The highest BCUT2D eigenvalue weighted by molar-refractivity contribution is 9.10. The molecule has 0 spiro atoms. The number of thiocarbonyl (C=S) groups is 1. The van der Waals surface area contributed by atoms with Crippen LogP contribution in [0.25, 0.3) is 0 Å². The molecule has 8 heteroatoms. The fourth-order valence-corrected chi connectivity index (χ4v) is 2.12. The van der Waals surface area contributed by atoms with E-state index in [-0.39, 0.29) is 10.6 Å². The number of hydrogen-bond acceptors (Lipinski definition) is 3. The number of carbonyl (C=O) groups is 1. The van der Waals surface area contributed by atoms with E-state index in [1.54, 1.807) is 7.05 Å². The maximum atomic E-state index is 13.7. The normalized spacial score (nSPS) is 10.3. The molecule has 5 nitrogen and oxygen atoms in total. The van der Waals surface area contributed by atoms with Crippen LogP contribution in [0, 0.1) is 5.82 Å². The van der Waals surface area contributed by atoms with Crippen LogP contribution in [0.3, 0.4) is 0 Å². The Balaban J connectivity index is 2.35. The highest BCUT2D eigenvalue weighted by Gasteiger charge is 2.17. The second-order valence-electron chi connectivity index (χ2n) is 3.97. The van der Waals surface area contributed by atoms with Gasteiger partial charge in [0.25, 0.3) is 5.91 Å². The summed E-state index contributed by atoms with van der Waals surface area (Å²) in [5, 5.41) is 6.51. The van der Waals surface area contributed by atoms with Crippen LogP contribution in [0.4, 0.5) is 10.2 Å². The number of nitrogens with one attached hydrogen (secondary N) is 1. The molecule has 0 fully saturated rings.